The minimum Gasteiger partial charge on any atom is -0.380 e. The third kappa shape index (κ3) is 2.68. The predicted octanol–water partition coefficient (Wildman–Crippen LogP) is 0.969. The fourth-order valence-corrected chi connectivity index (χ4v) is 1.93. The van der Waals surface area contributed by atoms with Crippen molar-refractivity contribution < 1.29 is 9.53 Å². The zero-order valence-corrected chi connectivity index (χ0v) is 10.6. The lowest BCUT2D eigenvalue weighted by Gasteiger charge is -2.09. The minimum absolute atomic E-state index is 0.0724. The van der Waals surface area contributed by atoms with Crippen LogP contribution in [0.5, 0.6) is 0 Å². The Morgan fingerprint density at radius 3 is 3.00 bits per heavy atom. The quantitative estimate of drug-likeness (QED) is 0.833. The third-order valence-electron chi connectivity index (χ3n) is 2.70. The second kappa shape index (κ2) is 5.64. The van der Waals surface area contributed by atoms with Gasteiger partial charge in [0.25, 0.3) is 5.91 Å². The molecule has 2 rings (SSSR count). The molecule has 18 heavy (non-hydrogen) atoms. The largest absolute Gasteiger partial charge is 0.380 e. The van der Waals surface area contributed by atoms with Gasteiger partial charge in [-0.1, -0.05) is 24.3 Å². The summed E-state index contributed by atoms with van der Waals surface area (Å²) in [6.07, 6.45) is 0. The Kier molecular flexibility index (Phi) is 3.94. The molecule has 0 aromatic heterocycles. The van der Waals surface area contributed by atoms with Crippen LogP contribution in [0.25, 0.3) is 0 Å². The number of methoxy groups -OCH3 is 1. The molecule has 1 aliphatic heterocycles. The number of ether oxygens (including phenoxy) is 1. The Labute approximate surface area is 106 Å². The number of rotatable bonds is 4. The van der Waals surface area contributed by atoms with Gasteiger partial charge in [0.05, 0.1) is 6.61 Å². The van der Waals surface area contributed by atoms with Crippen LogP contribution in [0.15, 0.2) is 29.3 Å². The summed E-state index contributed by atoms with van der Waals surface area (Å²) in [6.45, 7) is 3.10. The van der Waals surface area contributed by atoms with Gasteiger partial charge in [0.1, 0.15) is 6.04 Å². The van der Waals surface area contributed by atoms with E-state index in [4.69, 9.17) is 4.74 Å². The lowest BCUT2D eigenvalue weighted by Crippen LogP contribution is -2.25. The minimum atomic E-state index is -0.368. The van der Waals surface area contributed by atoms with Crippen LogP contribution in [0, 0.1) is 0 Å². The van der Waals surface area contributed by atoms with Crippen molar-refractivity contribution in [3.63, 3.8) is 0 Å². The first-order chi connectivity index (χ1) is 8.74. The van der Waals surface area contributed by atoms with Crippen LogP contribution in [0.4, 0.5) is 0 Å². The average molecular weight is 247 g/mol. The standard InChI is InChI=1S/C13H17N3O2/c1-3-14-13-15-11(12(17)16-13)10-6-4-5-9(7-10)8-18-2/h4-7,11H,3,8H2,1-2H3,(H2,14,15,16,17). The van der Waals surface area contributed by atoms with Crippen LogP contribution < -0.4 is 10.6 Å². The highest BCUT2D eigenvalue weighted by Crippen LogP contribution is 2.18. The molecule has 1 aromatic carbocycles. The molecule has 0 aliphatic carbocycles. The van der Waals surface area contributed by atoms with Gasteiger partial charge < -0.3 is 10.1 Å². The zero-order valence-electron chi connectivity index (χ0n) is 10.6. The number of benzene rings is 1. The molecule has 1 amide bonds. The Morgan fingerprint density at radius 1 is 1.44 bits per heavy atom. The Morgan fingerprint density at radius 2 is 2.28 bits per heavy atom. The number of hydrogen-bond donors (Lipinski definition) is 2. The van der Waals surface area contributed by atoms with E-state index in [0.29, 0.717) is 19.1 Å². The fourth-order valence-electron chi connectivity index (χ4n) is 1.93. The highest BCUT2D eigenvalue weighted by atomic mass is 16.5. The van der Waals surface area contributed by atoms with E-state index in [2.05, 4.69) is 15.6 Å². The topological polar surface area (TPSA) is 62.7 Å². The summed E-state index contributed by atoms with van der Waals surface area (Å²) in [5.41, 5.74) is 1.97. The van der Waals surface area contributed by atoms with Gasteiger partial charge in [-0.05, 0) is 18.1 Å². The molecule has 0 spiro atoms. The summed E-state index contributed by atoms with van der Waals surface area (Å²) in [5.74, 6) is 0.474. The predicted molar refractivity (Wildman–Crippen MR) is 69.2 cm³/mol. The molecule has 1 heterocycles. The zero-order chi connectivity index (χ0) is 13.0. The molecule has 0 saturated carbocycles. The first kappa shape index (κ1) is 12.6. The smallest absolute Gasteiger partial charge is 0.253 e. The summed E-state index contributed by atoms with van der Waals surface area (Å²) in [4.78, 5) is 16.0. The van der Waals surface area contributed by atoms with Crippen molar-refractivity contribution in [3.05, 3.63) is 35.4 Å². The molecule has 96 valence electrons. The van der Waals surface area contributed by atoms with E-state index in [-0.39, 0.29) is 11.9 Å². The second-order valence-electron chi connectivity index (χ2n) is 4.07. The molecular weight excluding hydrogens is 230 g/mol. The number of aliphatic imine (C=N–C) groups is 1. The molecule has 2 N–H and O–H groups in total. The van der Waals surface area contributed by atoms with E-state index < -0.39 is 0 Å². The SMILES string of the molecule is CCN=C1NC(=O)C(c2cccc(COC)c2)N1. The number of carbonyl (C=O) groups is 1. The third-order valence-corrected chi connectivity index (χ3v) is 2.70. The first-order valence-electron chi connectivity index (χ1n) is 5.94. The van der Waals surface area contributed by atoms with E-state index >= 15 is 0 Å². The number of nitrogens with zero attached hydrogens (tertiary/aromatic N) is 1. The van der Waals surface area contributed by atoms with Gasteiger partial charge in [-0.15, -0.1) is 0 Å². The van der Waals surface area contributed by atoms with Crippen LogP contribution in [-0.2, 0) is 16.1 Å². The summed E-state index contributed by atoms with van der Waals surface area (Å²) < 4.78 is 5.09. The molecule has 1 aliphatic rings. The van der Waals surface area contributed by atoms with Crippen molar-refractivity contribution in [2.24, 2.45) is 4.99 Å². The van der Waals surface area contributed by atoms with Crippen molar-refractivity contribution >= 4 is 11.9 Å². The summed E-state index contributed by atoms with van der Waals surface area (Å²) in [5, 5.41) is 5.80. The highest BCUT2D eigenvalue weighted by Gasteiger charge is 2.29. The summed E-state index contributed by atoms with van der Waals surface area (Å²) in [6, 6.07) is 7.42. The maximum absolute atomic E-state index is 11.8. The number of guanidine groups is 1. The van der Waals surface area contributed by atoms with E-state index in [1.807, 2.05) is 31.2 Å². The lowest BCUT2D eigenvalue weighted by molar-refractivity contribution is -0.120. The molecule has 5 heteroatoms. The molecular formula is C13H17N3O2. The Balaban J connectivity index is 2.19. The van der Waals surface area contributed by atoms with Crippen molar-refractivity contribution in [2.75, 3.05) is 13.7 Å². The highest BCUT2D eigenvalue weighted by molar-refractivity contribution is 6.06. The van der Waals surface area contributed by atoms with Crippen molar-refractivity contribution in [3.8, 4) is 0 Å². The van der Waals surface area contributed by atoms with Crippen molar-refractivity contribution in [1.82, 2.24) is 10.6 Å². The maximum atomic E-state index is 11.8. The van der Waals surface area contributed by atoms with Gasteiger partial charge >= 0.3 is 0 Å². The van der Waals surface area contributed by atoms with E-state index in [0.717, 1.165) is 11.1 Å². The van der Waals surface area contributed by atoms with Crippen LogP contribution in [0.1, 0.15) is 24.1 Å². The fraction of sp³-hybridized carbons (Fsp3) is 0.385. The normalized spacial score (nSPS) is 20.9. The van der Waals surface area contributed by atoms with E-state index in [1.165, 1.54) is 0 Å². The molecule has 1 saturated heterocycles. The van der Waals surface area contributed by atoms with E-state index in [9.17, 15) is 4.79 Å². The van der Waals surface area contributed by atoms with Gasteiger partial charge in [-0.3, -0.25) is 15.1 Å². The van der Waals surface area contributed by atoms with Crippen LogP contribution in [0.3, 0.4) is 0 Å². The lowest BCUT2D eigenvalue weighted by atomic mass is 10.0. The van der Waals surface area contributed by atoms with Crippen LogP contribution >= 0.6 is 0 Å². The summed E-state index contributed by atoms with van der Waals surface area (Å²) >= 11 is 0. The van der Waals surface area contributed by atoms with Crippen molar-refractivity contribution in [1.29, 1.82) is 0 Å². The van der Waals surface area contributed by atoms with Gasteiger partial charge in [0.2, 0.25) is 0 Å². The molecule has 1 aromatic rings. The van der Waals surface area contributed by atoms with E-state index in [1.54, 1.807) is 7.11 Å². The molecule has 5 nitrogen and oxygen atoms in total. The van der Waals surface area contributed by atoms with Gasteiger partial charge in [0.15, 0.2) is 5.96 Å². The number of nitrogens with one attached hydrogen (secondary N) is 2. The summed E-state index contributed by atoms with van der Waals surface area (Å²) in [7, 11) is 1.65. The van der Waals surface area contributed by atoms with Gasteiger partial charge in [0, 0.05) is 13.7 Å². The number of carbonyl (C=O) groups excluding carboxylic acids is 1. The van der Waals surface area contributed by atoms with Gasteiger partial charge in [-0.25, -0.2) is 0 Å². The number of hydrogen-bond acceptors (Lipinski definition) is 3. The Bertz CT molecular complexity index is 471. The van der Waals surface area contributed by atoms with Gasteiger partial charge in [-0.2, -0.15) is 0 Å². The number of amides is 1. The molecule has 1 atom stereocenters. The monoisotopic (exact) mass is 247 g/mol. The molecule has 0 bridgehead atoms. The first-order valence-corrected chi connectivity index (χ1v) is 5.94. The molecule has 1 fully saturated rings. The van der Waals surface area contributed by atoms with Crippen molar-refractivity contribution in [2.45, 2.75) is 19.6 Å². The van der Waals surface area contributed by atoms with Crippen LogP contribution in [0.2, 0.25) is 0 Å². The Hall–Kier alpha value is -1.88. The second-order valence-corrected chi connectivity index (χ2v) is 4.07. The van der Waals surface area contributed by atoms with Crippen LogP contribution in [-0.4, -0.2) is 25.5 Å². The molecule has 1 unspecified atom stereocenters. The average Bonchev–Trinajstić information content (AvgIpc) is 2.72. The maximum Gasteiger partial charge on any atom is 0.253 e. The molecule has 0 radical (unpaired) electrons.